The van der Waals surface area contributed by atoms with Gasteiger partial charge < -0.3 is 14.6 Å². The largest absolute Gasteiger partial charge is 0.465 e. The molecule has 0 saturated heterocycles. The minimum atomic E-state index is -0.403. The van der Waals surface area contributed by atoms with Crippen molar-refractivity contribution < 1.29 is 14.3 Å². The fourth-order valence-electron chi connectivity index (χ4n) is 1.85. The molecular weight excluding hydrogens is 282 g/mol. The van der Waals surface area contributed by atoms with Gasteiger partial charge in [-0.1, -0.05) is 12.1 Å². The zero-order chi connectivity index (χ0) is 15.8. The number of benzene rings is 1. The number of carbonyl (C=O) groups is 2. The van der Waals surface area contributed by atoms with E-state index in [0.29, 0.717) is 18.7 Å². The predicted molar refractivity (Wildman–Crippen MR) is 82.1 cm³/mol. The molecule has 0 fully saturated rings. The van der Waals surface area contributed by atoms with Crippen LogP contribution in [0.15, 0.2) is 49.1 Å². The number of imidazole rings is 1. The molecule has 1 heterocycles. The summed E-state index contributed by atoms with van der Waals surface area (Å²) >= 11 is 0. The quantitative estimate of drug-likeness (QED) is 0.648. The summed E-state index contributed by atoms with van der Waals surface area (Å²) in [6, 6.07) is 6.88. The highest BCUT2D eigenvalue weighted by molar-refractivity contribution is 5.93. The summed E-state index contributed by atoms with van der Waals surface area (Å²) in [4.78, 5) is 27.1. The smallest absolute Gasteiger partial charge is 0.337 e. The zero-order valence-corrected chi connectivity index (χ0v) is 12.2. The lowest BCUT2D eigenvalue weighted by molar-refractivity contribution is -0.116. The fraction of sp³-hybridized carbons (Fsp3) is 0.188. The van der Waals surface area contributed by atoms with Crippen LogP contribution in [0.25, 0.3) is 6.08 Å². The Labute approximate surface area is 128 Å². The van der Waals surface area contributed by atoms with Crippen LogP contribution in [0.3, 0.4) is 0 Å². The van der Waals surface area contributed by atoms with Gasteiger partial charge in [0, 0.05) is 31.6 Å². The number of methoxy groups -OCH3 is 1. The molecule has 0 atom stereocenters. The number of hydrogen-bond donors (Lipinski definition) is 1. The van der Waals surface area contributed by atoms with Gasteiger partial charge in [-0.2, -0.15) is 0 Å². The molecule has 0 bridgehead atoms. The van der Waals surface area contributed by atoms with Crippen LogP contribution in [0.5, 0.6) is 0 Å². The van der Waals surface area contributed by atoms with Crippen LogP contribution in [0.4, 0.5) is 0 Å². The van der Waals surface area contributed by atoms with Crippen molar-refractivity contribution in [3.8, 4) is 0 Å². The van der Waals surface area contributed by atoms with Crippen molar-refractivity contribution in [2.24, 2.45) is 0 Å². The molecule has 2 rings (SSSR count). The zero-order valence-electron chi connectivity index (χ0n) is 12.2. The molecule has 6 heteroatoms. The molecule has 6 nitrogen and oxygen atoms in total. The number of ether oxygens (including phenoxy) is 1. The number of hydrogen-bond acceptors (Lipinski definition) is 4. The van der Waals surface area contributed by atoms with Crippen LogP contribution in [0.2, 0.25) is 0 Å². The van der Waals surface area contributed by atoms with Gasteiger partial charge in [-0.3, -0.25) is 4.79 Å². The van der Waals surface area contributed by atoms with E-state index in [1.807, 2.05) is 16.8 Å². The summed E-state index contributed by atoms with van der Waals surface area (Å²) in [5.41, 5.74) is 1.21. The molecule has 1 amide bonds. The van der Waals surface area contributed by atoms with Gasteiger partial charge in [0.15, 0.2) is 0 Å². The highest BCUT2D eigenvalue weighted by Crippen LogP contribution is 2.08. The molecule has 2 aromatic rings. The molecular formula is C16H17N3O3. The number of aromatic nitrogens is 2. The number of nitrogens with one attached hydrogen (secondary N) is 1. The van der Waals surface area contributed by atoms with Crippen molar-refractivity contribution in [3.63, 3.8) is 0 Å². The van der Waals surface area contributed by atoms with Crippen molar-refractivity contribution in [2.75, 3.05) is 13.7 Å². The Bertz CT molecular complexity index is 663. The molecule has 22 heavy (non-hydrogen) atoms. The van der Waals surface area contributed by atoms with Gasteiger partial charge in [0.25, 0.3) is 0 Å². The average Bonchev–Trinajstić information content (AvgIpc) is 3.06. The Morgan fingerprint density at radius 2 is 2.27 bits per heavy atom. The van der Waals surface area contributed by atoms with Crippen LogP contribution in [0.1, 0.15) is 15.9 Å². The topological polar surface area (TPSA) is 73.2 Å². The third-order valence-electron chi connectivity index (χ3n) is 2.96. The Hall–Kier alpha value is -2.89. The SMILES string of the molecule is COC(=O)c1cccc(C=CC(=O)NCCn2ccnc2)c1. The number of carbonyl (C=O) groups excluding carboxylic acids is 2. The maximum atomic E-state index is 11.7. The molecule has 1 aromatic carbocycles. The lowest BCUT2D eigenvalue weighted by Crippen LogP contribution is -2.25. The Morgan fingerprint density at radius 3 is 3.00 bits per heavy atom. The van der Waals surface area contributed by atoms with Gasteiger partial charge in [0.1, 0.15) is 0 Å². The van der Waals surface area contributed by atoms with E-state index < -0.39 is 5.97 Å². The standard InChI is InChI=1S/C16H17N3O3/c1-22-16(21)14-4-2-3-13(11-14)5-6-15(20)18-8-10-19-9-7-17-12-19/h2-7,9,11-12H,8,10H2,1H3,(H,18,20). The second-order valence-corrected chi connectivity index (χ2v) is 4.54. The fourth-order valence-corrected chi connectivity index (χ4v) is 1.85. The Morgan fingerprint density at radius 1 is 1.41 bits per heavy atom. The van der Waals surface area contributed by atoms with Crippen LogP contribution >= 0.6 is 0 Å². The van der Waals surface area contributed by atoms with Gasteiger partial charge in [-0.15, -0.1) is 0 Å². The van der Waals surface area contributed by atoms with E-state index in [1.165, 1.54) is 13.2 Å². The number of esters is 1. The van der Waals surface area contributed by atoms with Crippen LogP contribution in [0, 0.1) is 0 Å². The van der Waals surface area contributed by atoms with Gasteiger partial charge >= 0.3 is 5.97 Å². The molecule has 1 N–H and O–H groups in total. The summed E-state index contributed by atoms with van der Waals surface area (Å²) in [6.07, 6.45) is 8.31. The molecule has 114 valence electrons. The molecule has 0 unspecified atom stereocenters. The summed E-state index contributed by atoms with van der Waals surface area (Å²) in [7, 11) is 1.33. The van der Waals surface area contributed by atoms with E-state index in [-0.39, 0.29) is 5.91 Å². The molecule has 1 aromatic heterocycles. The van der Waals surface area contributed by atoms with Gasteiger partial charge in [-0.25, -0.2) is 9.78 Å². The Kier molecular flexibility index (Phi) is 5.48. The number of nitrogens with zero attached hydrogens (tertiary/aromatic N) is 2. The molecule has 0 saturated carbocycles. The second-order valence-electron chi connectivity index (χ2n) is 4.54. The third kappa shape index (κ3) is 4.59. The lowest BCUT2D eigenvalue weighted by atomic mass is 10.1. The number of amides is 1. The molecule has 0 spiro atoms. The van der Waals surface area contributed by atoms with Crippen molar-refractivity contribution in [1.29, 1.82) is 0 Å². The summed E-state index contributed by atoms with van der Waals surface area (Å²) in [5.74, 6) is -0.594. The first-order chi connectivity index (χ1) is 10.7. The lowest BCUT2D eigenvalue weighted by Gasteiger charge is -2.03. The third-order valence-corrected chi connectivity index (χ3v) is 2.96. The maximum absolute atomic E-state index is 11.7. The minimum Gasteiger partial charge on any atom is -0.465 e. The molecule has 0 aliphatic heterocycles. The first kappa shape index (κ1) is 15.5. The van der Waals surface area contributed by atoms with E-state index in [4.69, 9.17) is 0 Å². The highest BCUT2D eigenvalue weighted by Gasteiger charge is 2.04. The van der Waals surface area contributed by atoms with Crippen molar-refractivity contribution in [1.82, 2.24) is 14.9 Å². The summed E-state index contributed by atoms with van der Waals surface area (Å²) in [5, 5.41) is 2.77. The second kappa shape index (κ2) is 7.78. The molecule has 0 radical (unpaired) electrons. The van der Waals surface area contributed by atoms with Gasteiger partial charge in [0.2, 0.25) is 5.91 Å². The van der Waals surface area contributed by atoms with Crippen LogP contribution < -0.4 is 5.32 Å². The highest BCUT2D eigenvalue weighted by atomic mass is 16.5. The normalized spacial score (nSPS) is 10.6. The van der Waals surface area contributed by atoms with Crippen LogP contribution in [-0.4, -0.2) is 35.1 Å². The van der Waals surface area contributed by atoms with E-state index >= 15 is 0 Å². The Balaban J connectivity index is 1.85. The van der Waals surface area contributed by atoms with E-state index in [1.54, 1.807) is 36.8 Å². The summed E-state index contributed by atoms with van der Waals surface area (Å²) < 4.78 is 6.53. The van der Waals surface area contributed by atoms with Gasteiger partial charge in [-0.05, 0) is 23.8 Å². The van der Waals surface area contributed by atoms with E-state index in [9.17, 15) is 9.59 Å². The average molecular weight is 299 g/mol. The summed E-state index contributed by atoms with van der Waals surface area (Å²) in [6.45, 7) is 1.18. The first-order valence-electron chi connectivity index (χ1n) is 6.79. The van der Waals surface area contributed by atoms with E-state index in [2.05, 4.69) is 15.0 Å². The molecule has 0 aliphatic rings. The van der Waals surface area contributed by atoms with E-state index in [0.717, 1.165) is 5.56 Å². The first-order valence-corrected chi connectivity index (χ1v) is 6.79. The minimum absolute atomic E-state index is 0.191. The monoisotopic (exact) mass is 299 g/mol. The maximum Gasteiger partial charge on any atom is 0.337 e. The molecule has 0 aliphatic carbocycles. The van der Waals surface area contributed by atoms with Gasteiger partial charge in [0.05, 0.1) is 19.0 Å². The van der Waals surface area contributed by atoms with Crippen molar-refractivity contribution >= 4 is 18.0 Å². The van der Waals surface area contributed by atoms with Crippen molar-refractivity contribution in [2.45, 2.75) is 6.54 Å². The number of rotatable bonds is 6. The van der Waals surface area contributed by atoms with Crippen LogP contribution in [-0.2, 0) is 16.1 Å². The van der Waals surface area contributed by atoms with Crippen molar-refractivity contribution in [3.05, 3.63) is 60.2 Å². The predicted octanol–water partition coefficient (Wildman–Crippen LogP) is 1.50.